The van der Waals surface area contributed by atoms with Gasteiger partial charge in [0.15, 0.2) is 5.82 Å². The maximum absolute atomic E-state index is 13.2. The van der Waals surface area contributed by atoms with E-state index >= 15 is 0 Å². The minimum absolute atomic E-state index is 0.0147. The van der Waals surface area contributed by atoms with Crippen LogP contribution in [0.4, 0.5) is 13.2 Å². The molecule has 3 aromatic rings. The fourth-order valence-corrected chi connectivity index (χ4v) is 3.68. The minimum atomic E-state index is -4.47. The van der Waals surface area contributed by atoms with Crippen molar-refractivity contribution in [3.63, 3.8) is 0 Å². The maximum Gasteiger partial charge on any atom is 0.416 e. The van der Waals surface area contributed by atoms with Gasteiger partial charge in [0, 0.05) is 23.2 Å². The predicted octanol–water partition coefficient (Wildman–Crippen LogP) is 4.77. The lowest BCUT2D eigenvalue weighted by atomic mass is 10.0. The lowest BCUT2D eigenvalue weighted by molar-refractivity contribution is -0.137. The fourth-order valence-electron chi connectivity index (χ4n) is 3.55. The Hall–Kier alpha value is -3.07. The van der Waals surface area contributed by atoms with Crippen molar-refractivity contribution >= 4 is 17.5 Å². The summed E-state index contributed by atoms with van der Waals surface area (Å²) in [5, 5.41) is 7.66. The highest BCUT2D eigenvalue weighted by Crippen LogP contribution is 2.37. The summed E-state index contributed by atoms with van der Waals surface area (Å²) < 4.78 is 41.6. The van der Waals surface area contributed by atoms with E-state index in [1.807, 2.05) is 0 Å². The highest BCUT2D eigenvalue weighted by molar-refractivity contribution is 6.30. The predicted molar refractivity (Wildman–Crippen MR) is 118 cm³/mol. The van der Waals surface area contributed by atoms with Crippen molar-refractivity contribution in [1.82, 2.24) is 19.7 Å². The number of benzene rings is 2. The highest BCUT2D eigenvalue weighted by atomic mass is 35.5. The molecule has 6 nitrogen and oxygen atoms in total. The van der Waals surface area contributed by atoms with Crippen molar-refractivity contribution in [3.8, 4) is 11.4 Å². The molecule has 0 spiro atoms. The van der Waals surface area contributed by atoms with Crippen molar-refractivity contribution in [2.24, 2.45) is 0 Å². The quantitative estimate of drug-likeness (QED) is 0.555. The summed E-state index contributed by atoms with van der Waals surface area (Å²) >= 11 is 5.97. The molecule has 0 atom stereocenters. The van der Waals surface area contributed by atoms with E-state index in [0.717, 1.165) is 29.7 Å². The van der Waals surface area contributed by atoms with Crippen LogP contribution >= 0.6 is 11.6 Å². The van der Waals surface area contributed by atoms with E-state index in [2.05, 4.69) is 10.4 Å². The molecule has 1 amide bonds. The summed E-state index contributed by atoms with van der Waals surface area (Å²) in [6.45, 7) is 2.98. The van der Waals surface area contributed by atoms with Gasteiger partial charge in [-0.25, -0.2) is 4.79 Å². The second kappa shape index (κ2) is 8.37. The standard InChI is InChI=1S/C23H22ClF3N4O2/c1-22(2,20(32)28-13-14-4-3-5-16(12-14)23(25,26)27)31-21(33)30(18-10-11-18)19(29-31)15-6-8-17(24)9-7-15/h3-9,12,18H,10-11,13H2,1-2H3,(H,28,32). The van der Waals surface area contributed by atoms with Crippen LogP contribution in [0.5, 0.6) is 0 Å². The molecule has 1 aliphatic carbocycles. The Balaban J connectivity index is 1.60. The molecule has 2 aromatic carbocycles. The molecule has 1 heterocycles. The van der Waals surface area contributed by atoms with E-state index in [1.165, 1.54) is 12.1 Å². The van der Waals surface area contributed by atoms with Gasteiger partial charge in [-0.05, 0) is 68.7 Å². The largest absolute Gasteiger partial charge is 0.416 e. The molecule has 1 aromatic heterocycles. The summed E-state index contributed by atoms with van der Waals surface area (Å²) in [5.41, 5.74) is -1.59. The number of amides is 1. The van der Waals surface area contributed by atoms with Gasteiger partial charge in [-0.3, -0.25) is 9.36 Å². The molecule has 0 aliphatic heterocycles. The first kappa shape index (κ1) is 23.1. The summed E-state index contributed by atoms with van der Waals surface area (Å²) in [7, 11) is 0. The number of aromatic nitrogens is 3. The smallest absolute Gasteiger partial charge is 0.350 e. The average Bonchev–Trinajstić information content (AvgIpc) is 3.54. The van der Waals surface area contributed by atoms with E-state index in [-0.39, 0.29) is 12.6 Å². The van der Waals surface area contributed by atoms with Gasteiger partial charge in [-0.15, -0.1) is 5.10 Å². The zero-order valence-electron chi connectivity index (χ0n) is 18.0. The molecular weight excluding hydrogens is 457 g/mol. The van der Waals surface area contributed by atoms with Crippen molar-refractivity contribution in [2.75, 3.05) is 0 Å². The van der Waals surface area contributed by atoms with Gasteiger partial charge in [-0.2, -0.15) is 17.9 Å². The molecule has 0 unspecified atom stereocenters. The summed E-state index contributed by atoms with van der Waals surface area (Å²) in [6.07, 6.45) is -2.79. The van der Waals surface area contributed by atoms with Crippen molar-refractivity contribution < 1.29 is 18.0 Å². The van der Waals surface area contributed by atoms with Gasteiger partial charge in [0.1, 0.15) is 5.54 Å². The van der Waals surface area contributed by atoms with Crippen molar-refractivity contribution in [3.05, 3.63) is 75.2 Å². The van der Waals surface area contributed by atoms with Gasteiger partial charge in [-0.1, -0.05) is 23.7 Å². The van der Waals surface area contributed by atoms with Crippen molar-refractivity contribution in [2.45, 2.75) is 51.0 Å². The van der Waals surface area contributed by atoms with Gasteiger partial charge in [0.2, 0.25) is 5.91 Å². The number of rotatable bonds is 6. The van der Waals surface area contributed by atoms with Gasteiger partial charge in [0.05, 0.1) is 5.56 Å². The Morgan fingerprint density at radius 3 is 2.42 bits per heavy atom. The Morgan fingerprint density at radius 1 is 1.15 bits per heavy atom. The first-order valence-electron chi connectivity index (χ1n) is 10.4. The van der Waals surface area contributed by atoms with E-state index in [1.54, 1.807) is 42.7 Å². The van der Waals surface area contributed by atoms with Gasteiger partial charge < -0.3 is 5.32 Å². The van der Waals surface area contributed by atoms with E-state index in [4.69, 9.17) is 11.6 Å². The number of hydrogen-bond acceptors (Lipinski definition) is 3. The van der Waals surface area contributed by atoms with Crippen LogP contribution in [0, 0.1) is 0 Å². The normalized spacial score (nSPS) is 14.4. The zero-order chi connectivity index (χ0) is 24.0. The first-order valence-corrected chi connectivity index (χ1v) is 10.8. The molecule has 0 radical (unpaired) electrons. The molecule has 1 aliphatic rings. The number of hydrogen-bond donors (Lipinski definition) is 1. The number of halogens is 4. The second-order valence-corrected chi connectivity index (χ2v) is 9.00. The highest BCUT2D eigenvalue weighted by Gasteiger charge is 2.38. The Morgan fingerprint density at radius 2 is 1.82 bits per heavy atom. The molecule has 4 rings (SSSR count). The lowest BCUT2D eigenvalue weighted by Gasteiger charge is -2.23. The SMILES string of the molecule is CC(C)(C(=O)NCc1cccc(C(F)(F)F)c1)n1nc(-c2ccc(Cl)cc2)n(C2CC2)c1=O. The molecule has 33 heavy (non-hydrogen) atoms. The molecule has 1 fully saturated rings. The number of alkyl halides is 3. The van der Waals surface area contributed by atoms with Crippen LogP contribution in [0.15, 0.2) is 53.3 Å². The summed E-state index contributed by atoms with van der Waals surface area (Å²) in [4.78, 5) is 26.2. The number of carbonyl (C=O) groups is 1. The van der Waals surface area contributed by atoms with Crippen LogP contribution < -0.4 is 11.0 Å². The second-order valence-electron chi connectivity index (χ2n) is 8.57. The molecule has 174 valence electrons. The van der Waals surface area contributed by atoms with Crippen LogP contribution in [0.1, 0.15) is 43.9 Å². The van der Waals surface area contributed by atoms with Gasteiger partial charge in [0.25, 0.3) is 0 Å². The fraction of sp³-hybridized carbons (Fsp3) is 0.348. The van der Waals surface area contributed by atoms with E-state index in [9.17, 15) is 22.8 Å². The Labute approximate surface area is 193 Å². The first-order chi connectivity index (χ1) is 15.5. The maximum atomic E-state index is 13.2. The topological polar surface area (TPSA) is 68.9 Å². The summed E-state index contributed by atoms with van der Waals surface area (Å²) in [6, 6.07) is 11.7. The van der Waals surface area contributed by atoms with Crippen molar-refractivity contribution in [1.29, 1.82) is 0 Å². The van der Waals surface area contributed by atoms with E-state index < -0.39 is 28.9 Å². The van der Waals surface area contributed by atoms with Crippen LogP contribution in [0.3, 0.4) is 0 Å². The molecular formula is C23H22ClF3N4O2. The third kappa shape index (κ3) is 4.68. The van der Waals surface area contributed by atoms with Crippen LogP contribution in [0.2, 0.25) is 5.02 Å². The lowest BCUT2D eigenvalue weighted by Crippen LogP contribution is -2.49. The molecule has 1 N–H and O–H groups in total. The Bertz CT molecular complexity index is 1240. The number of nitrogens with zero attached hydrogens (tertiary/aromatic N) is 3. The molecule has 10 heteroatoms. The Kier molecular flexibility index (Phi) is 5.86. The zero-order valence-corrected chi connectivity index (χ0v) is 18.7. The number of nitrogens with one attached hydrogen (secondary N) is 1. The van der Waals surface area contributed by atoms with Gasteiger partial charge >= 0.3 is 11.9 Å². The van der Waals surface area contributed by atoms with Crippen LogP contribution in [-0.2, 0) is 23.1 Å². The number of carbonyl (C=O) groups excluding carboxylic acids is 1. The molecule has 0 bridgehead atoms. The minimum Gasteiger partial charge on any atom is -0.350 e. The third-order valence-electron chi connectivity index (χ3n) is 5.62. The molecule has 1 saturated carbocycles. The molecule has 0 saturated heterocycles. The van der Waals surface area contributed by atoms with Crippen LogP contribution in [-0.4, -0.2) is 20.3 Å². The van der Waals surface area contributed by atoms with Crippen LogP contribution in [0.25, 0.3) is 11.4 Å². The monoisotopic (exact) mass is 478 g/mol. The summed E-state index contributed by atoms with van der Waals surface area (Å²) in [5.74, 6) is -0.0944. The van der Waals surface area contributed by atoms with E-state index in [0.29, 0.717) is 22.0 Å². The average molecular weight is 479 g/mol. The third-order valence-corrected chi connectivity index (χ3v) is 5.87.